The van der Waals surface area contributed by atoms with Crippen LogP contribution in [-0.4, -0.2) is 4.57 Å². The maximum Gasteiger partial charge on any atom is 0.252 e. The van der Waals surface area contributed by atoms with Crippen LogP contribution in [0.5, 0.6) is 0 Å². The van der Waals surface area contributed by atoms with E-state index in [9.17, 15) is 4.79 Å². The molecule has 0 amide bonds. The van der Waals surface area contributed by atoms with Gasteiger partial charge in [-0.3, -0.25) is 4.79 Å². The minimum Gasteiger partial charge on any atom is -0.381 e. The van der Waals surface area contributed by atoms with Crippen molar-refractivity contribution in [3.63, 3.8) is 0 Å². The summed E-state index contributed by atoms with van der Waals surface area (Å²) in [5.41, 5.74) is 3.04. The molecule has 2 aromatic rings. The van der Waals surface area contributed by atoms with E-state index in [1.165, 1.54) is 5.56 Å². The lowest BCUT2D eigenvalue weighted by molar-refractivity contribution is 0.818. The van der Waals surface area contributed by atoms with Gasteiger partial charge in [0, 0.05) is 31.0 Å². The molecule has 0 bridgehead atoms. The van der Waals surface area contributed by atoms with E-state index in [4.69, 9.17) is 0 Å². The molecule has 0 aliphatic carbocycles. The maximum atomic E-state index is 11.6. The molecule has 88 valence electrons. The summed E-state index contributed by atoms with van der Waals surface area (Å²) in [5, 5.41) is 3.26. The summed E-state index contributed by atoms with van der Waals surface area (Å²) < 4.78 is 1.63. The highest BCUT2D eigenvalue weighted by Gasteiger charge is 1.99. The van der Waals surface area contributed by atoms with E-state index >= 15 is 0 Å². The normalized spacial score (nSPS) is 10.2. The Morgan fingerprint density at radius 2 is 1.88 bits per heavy atom. The summed E-state index contributed by atoms with van der Waals surface area (Å²) in [6, 6.07) is 13.7. The Bertz CT molecular complexity index is 558. The van der Waals surface area contributed by atoms with Crippen LogP contribution in [0.15, 0.2) is 47.3 Å². The third-order valence-electron chi connectivity index (χ3n) is 2.84. The summed E-state index contributed by atoms with van der Waals surface area (Å²) in [5.74, 6) is 0. The van der Waals surface area contributed by atoms with E-state index in [0.717, 1.165) is 17.9 Å². The highest BCUT2D eigenvalue weighted by Crippen LogP contribution is 2.08. The van der Waals surface area contributed by atoms with Gasteiger partial charge >= 0.3 is 0 Å². The van der Waals surface area contributed by atoms with Crippen molar-refractivity contribution in [2.75, 3.05) is 5.32 Å². The van der Waals surface area contributed by atoms with Crippen molar-refractivity contribution in [2.45, 2.75) is 13.5 Å². The van der Waals surface area contributed by atoms with Gasteiger partial charge in [-0.25, -0.2) is 0 Å². The van der Waals surface area contributed by atoms with Crippen LogP contribution in [0, 0.1) is 6.92 Å². The number of aryl methyl sites for hydroxylation is 1. The van der Waals surface area contributed by atoms with Crippen LogP contribution in [-0.2, 0) is 13.6 Å². The third kappa shape index (κ3) is 2.75. The first kappa shape index (κ1) is 11.5. The van der Waals surface area contributed by atoms with Gasteiger partial charge in [-0.15, -0.1) is 0 Å². The van der Waals surface area contributed by atoms with Crippen molar-refractivity contribution in [3.8, 4) is 0 Å². The van der Waals surface area contributed by atoms with Gasteiger partial charge in [0.05, 0.1) is 0 Å². The van der Waals surface area contributed by atoms with E-state index in [-0.39, 0.29) is 5.56 Å². The molecule has 0 saturated carbocycles. The second-order valence-corrected chi connectivity index (χ2v) is 4.12. The summed E-state index contributed by atoms with van der Waals surface area (Å²) in [6.07, 6.45) is 0. The molecule has 1 N–H and O–H groups in total. The Kier molecular flexibility index (Phi) is 3.28. The van der Waals surface area contributed by atoms with Crippen molar-refractivity contribution in [1.29, 1.82) is 0 Å². The SMILES string of the molecule is Cc1cc(NCc2ccccc2)cc(=O)n1C. The van der Waals surface area contributed by atoms with Crippen LogP contribution in [0.3, 0.4) is 0 Å². The van der Waals surface area contributed by atoms with Gasteiger partial charge < -0.3 is 9.88 Å². The summed E-state index contributed by atoms with van der Waals surface area (Å²) in [4.78, 5) is 11.6. The van der Waals surface area contributed by atoms with Crippen molar-refractivity contribution in [3.05, 3.63) is 64.1 Å². The van der Waals surface area contributed by atoms with Crippen LogP contribution in [0.2, 0.25) is 0 Å². The first-order valence-electron chi connectivity index (χ1n) is 5.62. The molecule has 3 nitrogen and oxygen atoms in total. The smallest absolute Gasteiger partial charge is 0.252 e. The summed E-state index contributed by atoms with van der Waals surface area (Å²) >= 11 is 0. The van der Waals surface area contributed by atoms with Crippen LogP contribution in [0.1, 0.15) is 11.3 Å². The fourth-order valence-corrected chi connectivity index (χ4v) is 1.67. The van der Waals surface area contributed by atoms with Crippen molar-refractivity contribution >= 4 is 5.69 Å². The molecule has 2 rings (SSSR count). The van der Waals surface area contributed by atoms with Crippen LogP contribution in [0.4, 0.5) is 5.69 Å². The van der Waals surface area contributed by atoms with E-state index in [0.29, 0.717) is 0 Å². The van der Waals surface area contributed by atoms with E-state index in [2.05, 4.69) is 17.4 Å². The number of nitrogens with zero attached hydrogens (tertiary/aromatic N) is 1. The number of hydrogen-bond acceptors (Lipinski definition) is 2. The molecule has 0 spiro atoms. The van der Waals surface area contributed by atoms with Gasteiger partial charge in [0.25, 0.3) is 5.56 Å². The van der Waals surface area contributed by atoms with Crippen molar-refractivity contribution < 1.29 is 0 Å². The van der Waals surface area contributed by atoms with E-state index in [1.54, 1.807) is 17.7 Å². The van der Waals surface area contributed by atoms with Gasteiger partial charge in [-0.1, -0.05) is 30.3 Å². The number of benzene rings is 1. The molecule has 0 saturated heterocycles. The molecular formula is C14H16N2O. The number of nitrogens with one attached hydrogen (secondary N) is 1. The minimum absolute atomic E-state index is 0.0144. The van der Waals surface area contributed by atoms with E-state index < -0.39 is 0 Å². The molecule has 0 fully saturated rings. The van der Waals surface area contributed by atoms with Gasteiger partial charge in [0.1, 0.15) is 0 Å². The molecule has 1 aromatic carbocycles. The number of hydrogen-bond donors (Lipinski definition) is 1. The molecule has 0 aliphatic rings. The molecule has 17 heavy (non-hydrogen) atoms. The van der Waals surface area contributed by atoms with Gasteiger partial charge in [-0.05, 0) is 18.6 Å². The molecule has 3 heteroatoms. The Labute approximate surface area is 101 Å². The first-order valence-corrected chi connectivity index (χ1v) is 5.62. The van der Waals surface area contributed by atoms with Gasteiger partial charge in [0.2, 0.25) is 0 Å². The lowest BCUT2D eigenvalue weighted by Crippen LogP contribution is -2.18. The Morgan fingerprint density at radius 1 is 1.18 bits per heavy atom. The molecule has 0 atom stereocenters. The molecule has 1 aromatic heterocycles. The average Bonchev–Trinajstić information content (AvgIpc) is 2.34. The fraction of sp³-hybridized carbons (Fsp3) is 0.214. The predicted molar refractivity (Wildman–Crippen MR) is 70.2 cm³/mol. The highest BCUT2D eigenvalue weighted by molar-refractivity contribution is 5.44. The maximum absolute atomic E-state index is 11.6. The lowest BCUT2D eigenvalue weighted by atomic mass is 10.2. The Hall–Kier alpha value is -2.03. The number of aromatic nitrogens is 1. The standard InChI is InChI=1S/C14H16N2O/c1-11-8-13(9-14(17)16(11)2)15-10-12-6-4-3-5-7-12/h3-9,15H,10H2,1-2H3. The zero-order chi connectivity index (χ0) is 12.3. The van der Waals surface area contributed by atoms with Crippen molar-refractivity contribution in [1.82, 2.24) is 4.57 Å². The predicted octanol–water partition coefficient (Wildman–Crippen LogP) is 2.31. The zero-order valence-electron chi connectivity index (χ0n) is 10.1. The monoisotopic (exact) mass is 228 g/mol. The molecule has 0 unspecified atom stereocenters. The minimum atomic E-state index is 0.0144. The van der Waals surface area contributed by atoms with Crippen LogP contribution < -0.4 is 10.9 Å². The van der Waals surface area contributed by atoms with Crippen LogP contribution >= 0.6 is 0 Å². The van der Waals surface area contributed by atoms with E-state index in [1.807, 2.05) is 31.2 Å². The molecule has 0 radical (unpaired) electrons. The van der Waals surface area contributed by atoms with Crippen molar-refractivity contribution in [2.24, 2.45) is 7.05 Å². The average molecular weight is 228 g/mol. The lowest BCUT2D eigenvalue weighted by Gasteiger charge is -2.09. The molecular weight excluding hydrogens is 212 g/mol. The molecule has 0 aliphatic heterocycles. The quantitative estimate of drug-likeness (QED) is 0.874. The Morgan fingerprint density at radius 3 is 2.53 bits per heavy atom. The summed E-state index contributed by atoms with van der Waals surface area (Å²) in [7, 11) is 1.78. The largest absolute Gasteiger partial charge is 0.381 e. The van der Waals surface area contributed by atoms with Gasteiger partial charge in [-0.2, -0.15) is 0 Å². The highest BCUT2D eigenvalue weighted by atomic mass is 16.1. The fourth-order valence-electron chi connectivity index (χ4n) is 1.67. The summed E-state index contributed by atoms with van der Waals surface area (Å²) in [6.45, 7) is 2.66. The number of pyridine rings is 1. The second kappa shape index (κ2) is 4.87. The third-order valence-corrected chi connectivity index (χ3v) is 2.84. The number of anilines is 1. The topological polar surface area (TPSA) is 34.0 Å². The Balaban J connectivity index is 2.13. The second-order valence-electron chi connectivity index (χ2n) is 4.12. The van der Waals surface area contributed by atoms with Crippen LogP contribution in [0.25, 0.3) is 0 Å². The number of rotatable bonds is 3. The first-order chi connectivity index (χ1) is 8.16. The zero-order valence-corrected chi connectivity index (χ0v) is 10.1. The molecule has 1 heterocycles. The van der Waals surface area contributed by atoms with Gasteiger partial charge in [0.15, 0.2) is 0 Å².